The van der Waals surface area contributed by atoms with Crippen molar-refractivity contribution in [3.63, 3.8) is 0 Å². The smallest absolute Gasteiger partial charge is 0.253 e. The van der Waals surface area contributed by atoms with Crippen LogP contribution in [0, 0.1) is 0 Å². The molecule has 0 saturated carbocycles. The van der Waals surface area contributed by atoms with Gasteiger partial charge in [0, 0.05) is 25.4 Å². The van der Waals surface area contributed by atoms with E-state index in [1.54, 1.807) is 19.0 Å². The normalized spacial score (nSPS) is 11.8. The van der Waals surface area contributed by atoms with Crippen LogP contribution in [-0.2, 0) is 0 Å². The van der Waals surface area contributed by atoms with Crippen molar-refractivity contribution in [1.82, 2.24) is 0 Å². The summed E-state index contributed by atoms with van der Waals surface area (Å²) in [5, 5.41) is 3.04. The summed E-state index contributed by atoms with van der Waals surface area (Å²) in [6, 6.07) is 0. The van der Waals surface area contributed by atoms with E-state index in [2.05, 4.69) is 31.8 Å². The summed E-state index contributed by atoms with van der Waals surface area (Å²) in [5.41, 5.74) is 0.142. The predicted octanol–water partition coefficient (Wildman–Crippen LogP) is 1.25. The van der Waals surface area contributed by atoms with Crippen molar-refractivity contribution in [3.8, 4) is 0 Å². The van der Waals surface area contributed by atoms with Crippen molar-refractivity contribution >= 4 is 24.0 Å². The Bertz CT molecular complexity index is 454. The fraction of sp³-hybridized carbons (Fsp3) is 0.667. The summed E-state index contributed by atoms with van der Waals surface area (Å²) in [7, 11) is 3.52. The second-order valence-electron chi connectivity index (χ2n) is 5.12. The zero-order chi connectivity index (χ0) is 13.2. The Balaban J connectivity index is 2.51. The molecular weight excluding hydrogens is 236 g/mol. The minimum absolute atomic E-state index is 0.000118. The molecule has 0 radical (unpaired) electrons. The van der Waals surface area contributed by atoms with Crippen LogP contribution in [0.2, 0.25) is 0 Å². The summed E-state index contributed by atoms with van der Waals surface area (Å²) < 4.78 is -0.000118. The minimum Gasteiger partial charge on any atom is -0.380 e. The van der Waals surface area contributed by atoms with Gasteiger partial charge in [0.2, 0.25) is 0 Å². The van der Waals surface area contributed by atoms with Crippen LogP contribution in [0.25, 0.3) is 0 Å². The molecule has 0 aliphatic rings. The fourth-order valence-corrected chi connectivity index (χ4v) is 1.86. The summed E-state index contributed by atoms with van der Waals surface area (Å²) >= 11 is 4.43. The third-order valence-corrected chi connectivity index (χ3v) is 2.82. The molecule has 0 spiro atoms. The number of nitrogens with one attached hydrogen (secondary N) is 1. The van der Waals surface area contributed by atoms with Gasteiger partial charge in [0.05, 0.1) is 0 Å². The van der Waals surface area contributed by atoms with Crippen molar-refractivity contribution in [2.24, 2.45) is 0 Å². The molecule has 0 bridgehead atoms. The van der Waals surface area contributed by atoms with Crippen LogP contribution in [0.4, 0.5) is 11.4 Å². The first kappa shape index (κ1) is 14.1. The van der Waals surface area contributed by atoms with Crippen LogP contribution in [0.1, 0.15) is 26.7 Å². The van der Waals surface area contributed by atoms with Gasteiger partial charge in [0.1, 0.15) is 11.4 Å². The Morgan fingerprint density at radius 3 is 2.29 bits per heavy atom. The molecule has 0 aliphatic carbocycles. The second kappa shape index (κ2) is 5.12. The van der Waals surface area contributed by atoms with E-state index in [0.717, 1.165) is 12.8 Å². The number of anilines is 2. The first-order chi connectivity index (χ1) is 7.74. The first-order valence-corrected chi connectivity index (χ1v) is 6.15. The Hall–Kier alpha value is -0.970. The Kier molecular flexibility index (Phi) is 4.25. The van der Waals surface area contributed by atoms with Crippen molar-refractivity contribution in [2.45, 2.75) is 31.4 Å². The Morgan fingerprint density at radius 2 is 1.82 bits per heavy atom. The largest absolute Gasteiger partial charge is 0.380 e. The molecule has 1 aromatic rings. The molecule has 0 unspecified atom stereocenters. The number of thiol groups is 1. The van der Waals surface area contributed by atoms with E-state index >= 15 is 0 Å². The van der Waals surface area contributed by atoms with E-state index in [1.165, 1.54) is 0 Å². The molecule has 0 atom stereocenters. The molecule has 5 heteroatoms. The fourth-order valence-electron chi connectivity index (χ4n) is 1.70. The highest BCUT2D eigenvalue weighted by atomic mass is 32.1. The van der Waals surface area contributed by atoms with E-state index in [4.69, 9.17) is 0 Å². The molecule has 0 aliphatic heterocycles. The van der Waals surface area contributed by atoms with Gasteiger partial charge in [0.25, 0.3) is 10.9 Å². The minimum atomic E-state index is -0.404. The average Bonchev–Trinajstić information content (AvgIpc) is 2.19. The lowest BCUT2D eigenvalue weighted by Gasteiger charge is -2.20. The SMILES string of the molecule is CN(C)c1c(NCCCC(C)(C)S)c(=O)c1=O. The highest BCUT2D eigenvalue weighted by molar-refractivity contribution is 7.81. The van der Waals surface area contributed by atoms with E-state index < -0.39 is 10.9 Å². The van der Waals surface area contributed by atoms with Gasteiger partial charge < -0.3 is 10.2 Å². The molecular formula is C12H20N2O2S. The molecule has 0 fully saturated rings. The number of hydrogen-bond donors (Lipinski definition) is 2. The van der Waals surface area contributed by atoms with Crippen LogP contribution >= 0.6 is 12.6 Å². The number of nitrogens with zero attached hydrogens (tertiary/aromatic N) is 1. The van der Waals surface area contributed by atoms with E-state index in [0.29, 0.717) is 17.9 Å². The lowest BCUT2D eigenvalue weighted by molar-refractivity contribution is 0.619. The summed E-state index contributed by atoms with van der Waals surface area (Å²) in [6.45, 7) is 4.80. The quantitative estimate of drug-likeness (QED) is 0.457. The second-order valence-corrected chi connectivity index (χ2v) is 6.33. The van der Waals surface area contributed by atoms with Gasteiger partial charge in [-0.25, -0.2) is 0 Å². The van der Waals surface area contributed by atoms with Crippen LogP contribution in [0.5, 0.6) is 0 Å². The molecule has 0 saturated heterocycles. The lowest BCUT2D eigenvalue weighted by Crippen LogP contribution is -2.40. The van der Waals surface area contributed by atoms with E-state index in [-0.39, 0.29) is 4.75 Å². The molecule has 0 amide bonds. The lowest BCUT2D eigenvalue weighted by atomic mass is 10.1. The van der Waals surface area contributed by atoms with Crippen LogP contribution in [0.3, 0.4) is 0 Å². The van der Waals surface area contributed by atoms with Crippen LogP contribution in [0.15, 0.2) is 9.59 Å². The topological polar surface area (TPSA) is 49.4 Å². The maximum atomic E-state index is 11.4. The highest BCUT2D eigenvalue weighted by Crippen LogP contribution is 2.20. The van der Waals surface area contributed by atoms with Gasteiger partial charge in [0.15, 0.2) is 0 Å². The van der Waals surface area contributed by atoms with Crippen molar-refractivity contribution < 1.29 is 0 Å². The monoisotopic (exact) mass is 256 g/mol. The molecule has 0 aromatic heterocycles. The van der Waals surface area contributed by atoms with E-state index in [9.17, 15) is 9.59 Å². The number of hydrogen-bond acceptors (Lipinski definition) is 5. The molecule has 96 valence electrons. The van der Waals surface area contributed by atoms with E-state index in [1.807, 2.05) is 0 Å². The third kappa shape index (κ3) is 3.49. The molecule has 4 nitrogen and oxygen atoms in total. The number of rotatable bonds is 6. The van der Waals surface area contributed by atoms with Crippen molar-refractivity contribution in [1.29, 1.82) is 0 Å². The molecule has 1 rings (SSSR count). The summed E-state index contributed by atoms with van der Waals surface area (Å²) in [5.74, 6) is 0. The highest BCUT2D eigenvalue weighted by Gasteiger charge is 2.21. The van der Waals surface area contributed by atoms with Gasteiger partial charge in [-0.3, -0.25) is 9.59 Å². The van der Waals surface area contributed by atoms with Crippen molar-refractivity contribution in [3.05, 3.63) is 20.4 Å². The van der Waals surface area contributed by atoms with Crippen LogP contribution in [-0.4, -0.2) is 25.4 Å². The summed E-state index contributed by atoms with van der Waals surface area (Å²) in [4.78, 5) is 24.3. The maximum absolute atomic E-state index is 11.4. The molecule has 0 heterocycles. The zero-order valence-electron chi connectivity index (χ0n) is 10.8. The molecule has 17 heavy (non-hydrogen) atoms. The third-order valence-electron chi connectivity index (χ3n) is 2.60. The van der Waals surface area contributed by atoms with Gasteiger partial charge in [-0.2, -0.15) is 12.6 Å². The first-order valence-electron chi connectivity index (χ1n) is 5.71. The Morgan fingerprint density at radius 1 is 1.24 bits per heavy atom. The van der Waals surface area contributed by atoms with Gasteiger partial charge in [-0.05, 0) is 12.8 Å². The van der Waals surface area contributed by atoms with Crippen molar-refractivity contribution in [2.75, 3.05) is 30.9 Å². The Labute approximate surface area is 107 Å². The molecule has 1 N–H and O–H groups in total. The summed E-state index contributed by atoms with van der Waals surface area (Å²) in [6.07, 6.45) is 1.87. The average molecular weight is 256 g/mol. The standard InChI is InChI=1S/C12H20N2O2S/c1-12(2,17)6-5-7-13-8-9(14(3)4)11(16)10(8)15/h13,17H,5-7H2,1-4H3. The maximum Gasteiger partial charge on any atom is 0.253 e. The van der Waals surface area contributed by atoms with Gasteiger partial charge in [-0.1, -0.05) is 13.8 Å². The predicted molar refractivity (Wildman–Crippen MR) is 76.5 cm³/mol. The van der Waals surface area contributed by atoms with Crippen LogP contribution < -0.4 is 21.1 Å². The van der Waals surface area contributed by atoms with Gasteiger partial charge >= 0.3 is 0 Å². The zero-order valence-corrected chi connectivity index (χ0v) is 11.7. The molecule has 1 aromatic carbocycles. The van der Waals surface area contributed by atoms with Gasteiger partial charge in [-0.15, -0.1) is 0 Å².